The highest BCUT2D eigenvalue weighted by atomic mass is 32.2. The number of amides is 1. The summed E-state index contributed by atoms with van der Waals surface area (Å²) in [6, 6.07) is 12.1. The number of halogens is 1. The molecule has 10 heteroatoms. The molecule has 0 aliphatic rings. The number of benzene rings is 1. The SMILES string of the molecule is Cc1c(C#N)c(NC(=O)CSc2nnc(-c3cccnc3)n2C)n(Cc2ccc(F)cc2)c1C. The number of hydrogen-bond acceptors (Lipinski definition) is 6. The third-order valence-electron chi connectivity index (χ3n) is 5.54. The second-order valence-corrected chi connectivity index (χ2v) is 8.64. The number of carbonyl (C=O) groups is 1. The Hall–Kier alpha value is -3.97. The molecule has 172 valence electrons. The van der Waals surface area contributed by atoms with E-state index in [0.29, 0.717) is 28.9 Å². The van der Waals surface area contributed by atoms with Crippen molar-refractivity contribution < 1.29 is 9.18 Å². The first-order chi connectivity index (χ1) is 16.4. The number of hydrogen-bond donors (Lipinski definition) is 1. The van der Waals surface area contributed by atoms with Gasteiger partial charge in [-0.25, -0.2) is 4.39 Å². The first kappa shape index (κ1) is 23.2. The van der Waals surface area contributed by atoms with Gasteiger partial charge in [0.15, 0.2) is 11.0 Å². The molecular weight excluding hydrogens is 453 g/mol. The molecule has 0 fully saturated rings. The van der Waals surface area contributed by atoms with Gasteiger partial charge in [0.1, 0.15) is 17.7 Å². The number of aromatic nitrogens is 5. The maximum absolute atomic E-state index is 13.3. The number of anilines is 1. The van der Waals surface area contributed by atoms with Crippen LogP contribution in [0.2, 0.25) is 0 Å². The fourth-order valence-corrected chi connectivity index (χ4v) is 4.30. The van der Waals surface area contributed by atoms with E-state index in [1.807, 2.05) is 37.6 Å². The van der Waals surface area contributed by atoms with E-state index >= 15 is 0 Å². The molecule has 3 aromatic heterocycles. The van der Waals surface area contributed by atoms with Gasteiger partial charge < -0.3 is 14.5 Å². The molecule has 0 unspecified atom stereocenters. The van der Waals surface area contributed by atoms with Gasteiger partial charge in [-0.3, -0.25) is 9.78 Å². The van der Waals surface area contributed by atoms with E-state index in [0.717, 1.165) is 22.4 Å². The molecule has 4 rings (SSSR count). The van der Waals surface area contributed by atoms with E-state index in [-0.39, 0.29) is 17.5 Å². The van der Waals surface area contributed by atoms with Crippen LogP contribution in [0.1, 0.15) is 22.4 Å². The molecule has 0 radical (unpaired) electrons. The molecule has 0 saturated heterocycles. The van der Waals surface area contributed by atoms with Gasteiger partial charge in [-0.15, -0.1) is 10.2 Å². The van der Waals surface area contributed by atoms with Crippen molar-refractivity contribution in [2.75, 3.05) is 11.1 Å². The van der Waals surface area contributed by atoms with Gasteiger partial charge in [0.05, 0.1) is 11.3 Å². The summed E-state index contributed by atoms with van der Waals surface area (Å²) in [4.78, 5) is 16.9. The highest BCUT2D eigenvalue weighted by molar-refractivity contribution is 7.99. The number of pyridine rings is 1. The summed E-state index contributed by atoms with van der Waals surface area (Å²) in [5, 5.41) is 21.6. The lowest BCUT2D eigenvalue weighted by Crippen LogP contribution is -2.19. The predicted octanol–water partition coefficient (Wildman–Crippen LogP) is 4.09. The molecule has 0 aliphatic heterocycles. The first-order valence-electron chi connectivity index (χ1n) is 10.5. The minimum atomic E-state index is -0.317. The second-order valence-electron chi connectivity index (χ2n) is 7.70. The Labute approximate surface area is 200 Å². The topological polar surface area (TPSA) is 101 Å². The normalized spacial score (nSPS) is 10.8. The number of carbonyl (C=O) groups excluding carboxylic acids is 1. The quantitative estimate of drug-likeness (QED) is 0.404. The summed E-state index contributed by atoms with van der Waals surface area (Å²) in [7, 11) is 1.83. The molecule has 0 atom stereocenters. The van der Waals surface area contributed by atoms with Crippen LogP contribution in [0.5, 0.6) is 0 Å². The zero-order valence-electron chi connectivity index (χ0n) is 18.9. The Morgan fingerprint density at radius 1 is 1.21 bits per heavy atom. The van der Waals surface area contributed by atoms with Crippen LogP contribution < -0.4 is 5.32 Å². The first-order valence-corrected chi connectivity index (χ1v) is 11.4. The van der Waals surface area contributed by atoms with Crippen molar-refractivity contribution in [1.82, 2.24) is 24.3 Å². The third-order valence-corrected chi connectivity index (χ3v) is 6.56. The van der Waals surface area contributed by atoms with Crippen LogP contribution in [0.4, 0.5) is 10.2 Å². The molecule has 8 nitrogen and oxygen atoms in total. The zero-order valence-corrected chi connectivity index (χ0v) is 19.7. The number of rotatable bonds is 7. The Bertz CT molecular complexity index is 1370. The van der Waals surface area contributed by atoms with Crippen LogP contribution in [0, 0.1) is 31.0 Å². The van der Waals surface area contributed by atoms with Crippen molar-refractivity contribution in [3.05, 3.63) is 77.0 Å². The fraction of sp³-hybridized carbons (Fsp3) is 0.208. The van der Waals surface area contributed by atoms with Gasteiger partial charge in [0.25, 0.3) is 0 Å². The fourth-order valence-electron chi connectivity index (χ4n) is 3.59. The predicted molar refractivity (Wildman–Crippen MR) is 128 cm³/mol. The van der Waals surface area contributed by atoms with Crippen molar-refractivity contribution >= 4 is 23.5 Å². The molecule has 0 bridgehead atoms. The summed E-state index contributed by atoms with van der Waals surface area (Å²) in [6.07, 6.45) is 3.39. The molecule has 3 heterocycles. The molecule has 1 aromatic carbocycles. The minimum Gasteiger partial charge on any atom is -0.326 e. The van der Waals surface area contributed by atoms with E-state index in [2.05, 4.69) is 26.6 Å². The van der Waals surface area contributed by atoms with Gasteiger partial charge >= 0.3 is 0 Å². The molecule has 34 heavy (non-hydrogen) atoms. The standard InChI is InChI=1S/C24H22FN7OS/c1-15-16(2)32(13-17-6-8-19(25)9-7-17)23(20(15)11-26)28-21(33)14-34-24-30-29-22(31(24)3)18-5-4-10-27-12-18/h4-10,12H,13-14H2,1-3H3,(H,28,33). The molecule has 4 aromatic rings. The Kier molecular flexibility index (Phi) is 6.75. The number of nitriles is 1. The van der Waals surface area contributed by atoms with Crippen molar-refractivity contribution in [2.45, 2.75) is 25.5 Å². The largest absolute Gasteiger partial charge is 0.326 e. The summed E-state index contributed by atoms with van der Waals surface area (Å²) in [5.41, 5.74) is 3.75. The van der Waals surface area contributed by atoms with E-state index < -0.39 is 0 Å². The zero-order chi connectivity index (χ0) is 24.2. The highest BCUT2D eigenvalue weighted by Gasteiger charge is 2.20. The smallest absolute Gasteiger partial charge is 0.235 e. The summed E-state index contributed by atoms with van der Waals surface area (Å²) >= 11 is 1.25. The third kappa shape index (κ3) is 4.70. The average molecular weight is 476 g/mol. The van der Waals surface area contributed by atoms with Crippen molar-refractivity contribution in [3.63, 3.8) is 0 Å². The monoisotopic (exact) mass is 475 g/mol. The lowest BCUT2D eigenvalue weighted by molar-refractivity contribution is -0.113. The van der Waals surface area contributed by atoms with Crippen LogP contribution in [0.25, 0.3) is 11.4 Å². The highest BCUT2D eigenvalue weighted by Crippen LogP contribution is 2.28. The Morgan fingerprint density at radius 2 is 1.97 bits per heavy atom. The van der Waals surface area contributed by atoms with Gasteiger partial charge in [0.2, 0.25) is 5.91 Å². The number of nitrogens with one attached hydrogen (secondary N) is 1. The van der Waals surface area contributed by atoms with Gasteiger partial charge in [-0.1, -0.05) is 23.9 Å². The van der Waals surface area contributed by atoms with E-state index in [1.54, 1.807) is 29.1 Å². The van der Waals surface area contributed by atoms with Gasteiger partial charge in [-0.05, 0) is 49.2 Å². The molecule has 0 spiro atoms. The van der Waals surface area contributed by atoms with Crippen LogP contribution in [0.3, 0.4) is 0 Å². The van der Waals surface area contributed by atoms with Crippen LogP contribution in [0.15, 0.2) is 53.9 Å². The number of thioether (sulfide) groups is 1. The van der Waals surface area contributed by atoms with Gasteiger partial charge in [-0.2, -0.15) is 5.26 Å². The summed E-state index contributed by atoms with van der Waals surface area (Å²) < 4.78 is 17.0. The average Bonchev–Trinajstić information content (AvgIpc) is 3.31. The molecule has 1 amide bonds. The lowest BCUT2D eigenvalue weighted by Gasteiger charge is -2.13. The molecular formula is C24H22FN7OS. The lowest BCUT2D eigenvalue weighted by atomic mass is 10.2. The minimum absolute atomic E-state index is 0.0870. The Balaban J connectivity index is 1.51. The summed E-state index contributed by atoms with van der Waals surface area (Å²) in [6.45, 7) is 4.14. The van der Waals surface area contributed by atoms with Crippen molar-refractivity contribution in [3.8, 4) is 17.5 Å². The van der Waals surface area contributed by atoms with Crippen molar-refractivity contribution in [1.29, 1.82) is 5.26 Å². The van der Waals surface area contributed by atoms with Crippen molar-refractivity contribution in [2.24, 2.45) is 7.05 Å². The van der Waals surface area contributed by atoms with Gasteiger partial charge in [0, 0.05) is 37.2 Å². The summed E-state index contributed by atoms with van der Waals surface area (Å²) in [5.74, 6) is 0.584. The second kappa shape index (κ2) is 9.89. The van der Waals surface area contributed by atoms with Crippen LogP contribution >= 0.6 is 11.8 Å². The maximum Gasteiger partial charge on any atom is 0.235 e. The Morgan fingerprint density at radius 3 is 2.65 bits per heavy atom. The number of nitrogens with zero attached hydrogens (tertiary/aromatic N) is 6. The van der Waals surface area contributed by atoms with E-state index in [9.17, 15) is 14.4 Å². The molecule has 0 saturated carbocycles. The van der Waals surface area contributed by atoms with Crippen LogP contribution in [-0.4, -0.2) is 36.0 Å². The van der Waals surface area contributed by atoms with E-state index in [4.69, 9.17) is 0 Å². The van der Waals surface area contributed by atoms with E-state index in [1.165, 1.54) is 23.9 Å². The maximum atomic E-state index is 13.3. The molecule has 0 aliphatic carbocycles. The molecule has 1 N–H and O–H groups in total. The van der Waals surface area contributed by atoms with Crippen LogP contribution in [-0.2, 0) is 18.4 Å².